The van der Waals surface area contributed by atoms with Crippen molar-refractivity contribution in [2.24, 2.45) is 7.05 Å². The molecule has 0 spiro atoms. The second-order valence-electron chi connectivity index (χ2n) is 5.94. The first-order valence-electron chi connectivity index (χ1n) is 8.11. The molecule has 4 aromatic heterocycles. The van der Waals surface area contributed by atoms with Gasteiger partial charge < -0.3 is 9.30 Å². The number of thiophene rings is 1. The van der Waals surface area contributed by atoms with E-state index in [9.17, 15) is 0 Å². The highest BCUT2D eigenvalue weighted by molar-refractivity contribution is 7.13. The van der Waals surface area contributed by atoms with Gasteiger partial charge in [0.15, 0.2) is 17.2 Å². The smallest absolute Gasteiger partial charge is 0.198 e. The van der Waals surface area contributed by atoms with Crippen LogP contribution in [0.15, 0.2) is 35.8 Å². The van der Waals surface area contributed by atoms with E-state index >= 15 is 0 Å². The molecule has 0 unspecified atom stereocenters. The molecule has 7 heteroatoms. The lowest BCUT2D eigenvalue weighted by Crippen LogP contribution is -2.01. The molecule has 0 saturated heterocycles. The van der Waals surface area contributed by atoms with Crippen LogP contribution in [0.1, 0.15) is 17.3 Å². The van der Waals surface area contributed by atoms with Gasteiger partial charge in [0.1, 0.15) is 5.82 Å². The van der Waals surface area contributed by atoms with Crippen LogP contribution >= 0.6 is 11.3 Å². The van der Waals surface area contributed by atoms with Gasteiger partial charge in [0.05, 0.1) is 17.7 Å². The fourth-order valence-electron chi connectivity index (χ4n) is 2.87. The zero-order valence-electron chi connectivity index (χ0n) is 14.4. The Morgan fingerprint density at radius 2 is 2.04 bits per heavy atom. The predicted octanol–water partition coefficient (Wildman–Crippen LogP) is 3.29. The third-order valence-corrected chi connectivity index (χ3v) is 5.11. The molecule has 6 nitrogen and oxygen atoms in total. The van der Waals surface area contributed by atoms with Crippen LogP contribution in [0.3, 0.4) is 0 Å². The van der Waals surface area contributed by atoms with E-state index < -0.39 is 0 Å². The minimum atomic E-state index is 0.735. The summed E-state index contributed by atoms with van der Waals surface area (Å²) in [5, 5.41) is 6.68. The number of aromatic nitrogens is 5. The second kappa shape index (κ2) is 6.33. The molecule has 0 aliphatic heterocycles. The van der Waals surface area contributed by atoms with Crippen molar-refractivity contribution in [1.29, 1.82) is 0 Å². The van der Waals surface area contributed by atoms with E-state index in [0.29, 0.717) is 0 Å². The Morgan fingerprint density at radius 3 is 2.80 bits per heavy atom. The Balaban J connectivity index is 1.58. The van der Waals surface area contributed by atoms with Crippen molar-refractivity contribution in [2.75, 3.05) is 7.11 Å². The fraction of sp³-hybridized carbons (Fsp3) is 0.278. The van der Waals surface area contributed by atoms with Crippen molar-refractivity contribution in [3.63, 3.8) is 0 Å². The van der Waals surface area contributed by atoms with E-state index in [1.807, 2.05) is 36.7 Å². The summed E-state index contributed by atoms with van der Waals surface area (Å²) < 4.78 is 9.30. The van der Waals surface area contributed by atoms with E-state index in [1.165, 1.54) is 4.88 Å². The van der Waals surface area contributed by atoms with Crippen LogP contribution in [0.5, 0.6) is 5.75 Å². The van der Waals surface area contributed by atoms with Crippen LogP contribution in [-0.4, -0.2) is 31.3 Å². The maximum absolute atomic E-state index is 5.38. The monoisotopic (exact) mass is 353 g/mol. The van der Waals surface area contributed by atoms with E-state index in [2.05, 4.69) is 32.3 Å². The number of rotatable bonds is 5. The highest BCUT2D eigenvalue weighted by atomic mass is 32.1. The summed E-state index contributed by atoms with van der Waals surface area (Å²) in [6.07, 6.45) is 3.60. The van der Waals surface area contributed by atoms with Crippen molar-refractivity contribution < 1.29 is 4.74 Å². The number of pyridine rings is 1. The molecule has 0 bridgehead atoms. The van der Waals surface area contributed by atoms with Crippen LogP contribution in [-0.2, 0) is 19.9 Å². The molecule has 4 rings (SSSR count). The van der Waals surface area contributed by atoms with Gasteiger partial charge in [-0.25, -0.2) is 14.5 Å². The molecular formula is C18H19N5OS. The number of aryl methyl sites for hydroxylation is 4. The normalized spacial score (nSPS) is 11.3. The summed E-state index contributed by atoms with van der Waals surface area (Å²) in [4.78, 5) is 10.6. The van der Waals surface area contributed by atoms with E-state index in [4.69, 9.17) is 9.72 Å². The molecule has 0 atom stereocenters. The Labute approximate surface area is 149 Å². The van der Waals surface area contributed by atoms with Crippen molar-refractivity contribution in [3.05, 3.63) is 53.2 Å². The quantitative estimate of drug-likeness (QED) is 0.552. The van der Waals surface area contributed by atoms with Gasteiger partial charge in [-0.1, -0.05) is 6.07 Å². The molecule has 25 heavy (non-hydrogen) atoms. The maximum Gasteiger partial charge on any atom is 0.198 e. The lowest BCUT2D eigenvalue weighted by atomic mass is 10.3. The van der Waals surface area contributed by atoms with Crippen LogP contribution in [0.4, 0.5) is 0 Å². The predicted molar refractivity (Wildman–Crippen MR) is 98.2 cm³/mol. The molecule has 0 amide bonds. The number of imidazole rings is 1. The first-order chi connectivity index (χ1) is 12.2. The van der Waals surface area contributed by atoms with Gasteiger partial charge in [-0.2, -0.15) is 5.10 Å². The van der Waals surface area contributed by atoms with Gasteiger partial charge in [0, 0.05) is 31.8 Å². The standard InChI is InChI=1S/C18H19N5OS/c1-12-6-7-14(24-3)18-20-16(21-23(12)18)8-9-17-19-13(11-22(17)2)15-5-4-10-25-15/h4-7,10-11H,8-9H2,1-3H3. The number of methoxy groups -OCH3 is 1. The SMILES string of the molecule is COc1ccc(C)n2nc(CCc3nc(-c4cccs4)cn3C)nc12. The van der Waals surface area contributed by atoms with Gasteiger partial charge >= 0.3 is 0 Å². The number of nitrogens with zero attached hydrogens (tertiary/aromatic N) is 5. The second-order valence-corrected chi connectivity index (χ2v) is 6.88. The Hall–Kier alpha value is -2.67. The molecule has 0 N–H and O–H groups in total. The molecule has 0 aliphatic rings. The van der Waals surface area contributed by atoms with Gasteiger partial charge in [-0.05, 0) is 30.5 Å². The summed E-state index contributed by atoms with van der Waals surface area (Å²) in [5.41, 5.74) is 2.82. The molecular weight excluding hydrogens is 334 g/mol. The molecule has 128 valence electrons. The fourth-order valence-corrected chi connectivity index (χ4v) is 3.55. The van der Waals surface area contributed by atoms with Gasteiger partial charge in [0.2, 0.25) is 0 Å². The highest BCUT2D eigenvalue weighted by Crippen LogP contribution is 2.24. The van der Waals surface area contributed by atoms with E-state index in [0.717, 1.165) is 47.3 Å². The van der Waals surface area contributed by atoms with Crippen LogP contribution < -0.4 is 4.74 Å². The molecule has 0 saturated carbocycles. The first-order valence-corrected chi connectivity index (χ1v) is 8.99. The highest BCUT2D eigenvalue weighted by Gasteiger charge is 2.13. The average molecular weight is 353 g/mol. The molecule has 4 heterocycles. The first kappa shape index (κ1) is 15.8. The zero-order chi connectivity index (χ0) is 17.4. The van der Waals surface area contributed by atoms with Crippen molar-refractivity contribution >= 4 is 17.0 Å². The summed E-state index contributed by atoms with van der Waals surface area (Å²) in [6.45, 7) is 2.01. The zero-order valence-corrected chi connectivity index (χ0v) is 15.2. The minimum Gasteiger partial charge on any atom is -0.493 e. The third kappa shape index (κ3) is 2.91. The van der Waals surface area contributed by atoms with Gasteiger partial charge in [-0.3, -0.25) is 0 Å². The minimum absolute atomic E-state index is 0.735. The Bertz CT molecular complexity index is 1020. The lowest BCUT2D eigenvalue weighted by Gasteiger charge is -2.02. The summed E-state index contributed by atoms with van der Waals surface area (Å²) in [5.74, 6) is 2.57. The number of fused-ring (bicyclic) bond motifs is 1. The molecule has 0 fully saturated rings. The average Bonchev–Trinajstić information content (AvgIpc) is 3.33. The van der Waals surface area contributed by atoms with Crippen LogP contribution in [0, 0.1) is 6.92 Å². The van der Waals surface area contributed by atoms with Crippen molar-refractivity contribution in [3.8, 4) is 16.3 Å². The van der Waals surface area contributed by atoms with Gasteiger partial charge in [0.25, 0.3) is 0 Å². The van der Waals surface area contributed by atoms with Crippen molar-refractivity contribution in [1.82, 2.24) is 24.1 Å². The third-order valence-electron chi connectivity index (χ3n) is 4.22. The summed E-state index contributed by atoms with van der Waals surface area (Å²) in [6, 6.07) is 8.05. The molecule has 0 aromatic carbocycles. The largest absolute Gasteiger partial charge is 0.493 e. The number of ether oxygens (including phenoxy) is 1. The Morgan fingerprint density at radius 1 is 1.16 bits per heavy atom. The number of hydrogen-bond donors (Lipinski definition) is 0. The van der Waals surface area contributed by atoms with Crippen LogP contribution in [0.25, 0.3) is 16.2 Å². The molecule has 0 aliphatic carbocycles. The lowest BCUT2D eigenvalue weighted by molar-refractivity contribution is 0.416. The summed E-state index contributed by atoms with van der Waals surface area (Å²) >= 11 is 1.70. The van der Waals surface area contributed by atoms with E-state index in [-0.39, 0.29) is 0 Å². The topological polar surface area (TPSA) is 57.2 Å². The van der Waals surface area contributed by atoms with E-state index in [1.54, 1.807) is 18.4 Å². The van der Waals surface area contributed by atoms with Crippen molar-refractivity contribution in [2.45, 2.75) is 19.8 Å². The maximum atomic E-state index is 5.38. The van der Waals surface area contributed by atoms with Crippen LogP contribution in [0.2, 0.25) is 0 Å². The van der Waals surface area contributed by atoms with Gasteiger partial charge in [-0.15, -0.1) is 11.3 Å². The molecule has 4 aromatic rings. The number of hydrogen-bond acceptors (Lipinski definition) is 5. The summed E-state index contributed by atoms with van der Waals surface area (Å²) in [7, 11) is 3.68. The molecule has 0 radical (unpaired) electrons. The Kier molecular flexibility index (Phi) is 4.01.